The minimum absolute atomic E-state index is 0.128. The number of aryl methyl sites for hydroxylation is 4. The third kappa shape index (κ3) is 3.54. The highest BCUT2D eigenvalue weighted by Crippen LogP contribution is 2.27. The van der Waals surface area contributed by atoms with Crippen molar-refractivity contribution in [1.29, 1.82) is 0 Å². The van der Waals surface area contributed by atoms with Crippen molar-refractivity contribution in [2.45, 2.75) is 40.7 Å². The first-order chi connectivity index (χ1) is 14.8. The number of carbonyl (C=O) groups is 1. The Bertz CT molecular complexity index is 1350. The molecule has 6 nitrogen and oxygen atoms in total. The summed E-state index contributed by atoms with van der Waals surface area (Å²) < 4.78 is 3.32. The Morgan fingerprint density at radius 2 is 1.71 bits per heavy atom. The van der Waals surface area contributed by atoms with Crippen LogP contribution in [0.1, 0.15) is 35.5 Å². The number of carbonyl (C=O) groups excluding carboxylic acids is 1. The van der Waals surface area contributed by atoms with Gasteiger partial charge in [0, 0.05) is 22.5 Å². The molecule has 2 aromatic carbocycles. The normalized spacial score (nSPS) is 12.2. The van der Waals surface area contributed by atoms with Gasteiger partial charge in [-0.1, -0.05) is 30.3 Å². The Kier molecular flexibility index (Phi) is 5.23. The highest BCUT2D eigenvalue weighted by atomic mass is 16.2. The Hall–Kier alpha value is -3.67. The summed E-state index contributed by atoms with van der Waals surface area (Å²) in [5.41, 5.74) is 5.02. The van der Waals surface area contributed by atoms with Crippen LogP contribution in [-0.2, 0) is 4.79 Å². The Morgan fingerprint density at radius 1 is 1.00 bits per heavy atom. The molecule has 2 heterocycles. The first-order valence-corrected chi connectivity index (χ1v) is 10.3. The quantitative estimate of drug-likeness (QED) is 0.530. The fourth-order valence-electron chi connectivity index (χ4n) is 4.14. The standard InChI is InChI=1S/C25H26N4O2/c1-15-11-12-16(2)22(13-15)27-24(30)19(5)28-17(3)21-14-26-29(20-9-7-6-8-10-20)25(31)23(21)18(28)4/h6-14,19H,1-5H3,(H,27,30). The lowest BCUT2D eigenvalue weighted by Gasteiger charge is -2.19. The van der Waals surface area contributed by atoms with E-state index in [1.54, 1.807) is 6.20 Å². The van der Waals surface area contributed by atoms with E-state index in [0.29, 0.717) is 11.1 Å². The summed E-state index contributed by atoms with van der Waals surface area (Å²) in [6.07, 6.45) is 1.71. The molecule has 4 aromatic rings. The smallest absolute Gasteiger partial charge is 0.281 e. The summed E-state index contributed by atoms with van der Waals surface area (Å²) in [6.45, 7) is 9.62. The van der Waals surface area contributed by atoms with Gasteiger partial charge in [-0.05, 0) is 63.9 Å². The maximum atomic E-state index is 13.3. The summed E-state index contributed by atoms with van der Waals surface area (Å²) in [7, 11) is 0. The summed E-state index contributed by atoms with van der Waals surface area (Å²) in [5, 5.41) is 8.77. The van der Waals surface area contributed by atoms with Crippen molar-refractivity contribution in [3.05, 3.63) is 87.6 Å². The van der Waals surface area contributed by atoms with Crippen LogP contribution in [0.25, 0.3) is 16.5 Å². The van der Waals surface area contributed by atoms with Gasteiger partial charge in [-0.3, -0.25) is 9.59 Å². The molecular formula is C25H26N4O2. The Balaban J connectivity index is 1.77. The third-order valence-electron chi connectivity index (χ3n) is 5.87. The molecule has 0 saturated heterocycles. The number of rotatable bonds is 4. The van der Waals surface area contributed by atoms with Crippen LogP contribution in [0, 0.1) is 27.7 Å². The van der Waals surface area contributed by atoms with E-state index in [1.165, 1.54) is 4.68 Å². The van der Waals surface area contributed by atoms with E-state index >= 15 is 0 Å². The third-order valence-corrected chi connectivity index (χ3v) is 5.87. The molecule has 0 fully saturated rings. The molecule has 31 heavy (non-hydrogen) atoms. The first kappa shape index (κ1) is 20.6. The molecule has 1 atom stereocenters. The van der Waals surface area contributed by atoms with Crippen LogP contribution < -0.4 is 10.9 Å². The topological polar surface area (TPSA) is 68.9 Å². The van der Waals surface area contributed by atoms with Crippen molar-refractivity contribution in [2.75, 3.05) is 5.32 Å². The average Bonchev–Trinajstić information content (AvgIpc) is 3.01. The number of para-hydroxylation sites is 1. The van der Waals surface area contributed by atoms with Crippen LogP contribution in [0.4, 0.5) is 5.69 Å². The first-order valence-electron chi connectivity index (χ1n) is 10.3. The second kappa shape index (κ2) is 7.87. The molecule has 1 N–H and O–H groups in total. The molecule has 0 bridgehead atoms. The number of fused-ring (bicyclic) bond motifs is 1. The monoisotopic (exact) mass is 414 g/mol. The van der Waals surface area contributed by atoms with Crippen LogP contribution >= 0.6 is 0 Å². The molecule has 0 aliphatic rings. The zero-order valence-corrected chi connectivity index (χ0v) is 18.4. The van der Waals surface area contributed by atoms with Gasteiger partial charge in [0.1, 0.15) is 6.04 Å². The van der Waals surface area contributed by atoms with Crippen LogP contribution in [0.15, 0.2) is 59.5 Å². The molecule has 1 unspecified atom stereocenters. The van der Waals surface area contributed by atoms with Gasteiger partial charge >= 0.3 is 0 Å². The molecule has 0 spiro atoms. The van der Waals surface area contributed by atoms with Gasteiger partial charge in [-0.15, -0.1) is 0 Å². The van der Waals surface area contributed by atoms with E-state index in [0.717, 1.165) is 33.6 Å². The highest BCUT2D eigenvalue weighted by Gasteiger charge is 2.24. The van der Waals surface area contributed by atoms with Gasteiger partial charge in [-0.2, -0.15) is 9.78 Å². The van der Waals surface area contributed by atoms with Gasteiger partial charge in [0.05, 0.1) is 17.3 Å². The molecule has 2 aromatic heterocycles. The van der Waals surface area contributed by atoms with E-state index in [2.05, 4.69) is 10.4 Å². The maximum absolute atomic E-state index is 13.3. The molecular weight excluding hydrogens is 388 g/mol. The van der Waals surface area contributed by atoms with Crippen LogP contribution in [0.2, 0.25) is 0 Å². The van der Waals surface area contributed by atoms with Crippen molar-refractivity contribution in [3.8, 4) is 5.69 Å². The van der Waals surface area contributed by atoms with Gasteiger partial charge in [0.15, 0.2) is 0 Å². The van der Waals surface area contributed by atoms with E-state index in [-0.39, 0.29) is 11.5 Å². The summed E-state index contributed by atoms with van der Waals surface area (Å²) in [4.78, 5) is 26.4. The number of hydrogen-bond donors (Lipinski definition) is 1. The second-order valence-electron chi connectivity index (χ2n) is 8.01. The van der Waals surface area contributed by atoms with Crippen molar-refractivity contribution >= 4 is 22.4 Å². The molecule has 6 heteroatoms. The fourth-order valence-corrected chi connectivity index (χ4v) is 4.14. The number of aromatic nitrogens is 3. The van der Waals surface area contributed by atoms with Crippen molar-refractivity contribution < 1.29 is 4.79 Å². The lowest BCUT2D eigenvalue weighted by atomic mass is 10.1. The van der Waals surface area contributed by atoms with Crippen molar-refractivity contribution in [1.82, 2.24) is 14.3 Å². The second-order valence-corrected chi connectivity index (χ2v) is 8.01. The highest BCUT2D eigenvalue weighted by molar-refractivity contribution is 5.96. The van der Waals surface area contributed by atoms with Gasteiger partial charge in [0.25, 0.3) is 5.56 Å². The molecule has 0 radical (unpaired) electrons. The maximum Gasteiger partial charge on any atom is 0.281 e. The fraction of sp³-hybridized carbons (Fsp3) is 0.240. The van der Waals surface area contributed by atoms with Crippen molar-refractivity contribution in [2.24, 2.45) is 0 Å². The lowest BCUT2D eigenvalue weighted by Crippen LogP contribution is -2.25. The van der Waals surface area contributed by atoms with Crippen LogP contribution in [-0.4, -0.2) is 20.3 Å². The molecule has 0 saturated carbocycles. The van der Waals surface area contributed by atoms with E-state index in [1.807, 2.05) is 87.7 Å². The minimum Gasteiger partial charge on any atom is -0.336 e. The lowest BCUT2D eigenvalue weighted by molar-refractivity contribution is -0.118. The molecule has 1 amide bonds. The minimum atomic E-state index is -0.489. The number of amides is 1. The van der Waals surface area contributed by atoms with Gasteiger partial charge in [0.2, 0.25) is 5.91 Å². The molecule has 0 aliphatic carbocycles. The van der Waals surface area contributed by atoms with Crippen molar-refractivity contribution in [3.63, 3.8) is 0 Å². The number of anilines is 1. The number of nitrogens with zero attached hydrogens (tertiary/aromatic N) is 3. The molecule has 4 rings (SSSR count). The summed E-state index contributed by atoms with van der Waals surface area (Å²) in [6, 6.07) is 14.8. The van der Waals surface area contributed by atoms with Gasteiger partial charge < -0.3 is 9.88 Å². The summed E-state index contributed by atoms with van der Waals surface area (Å²) in [5.74, 6) is -0.128. The van der Waals surface area contributed by atoms with E-state index in [4.69, 9.17) is 0 Å². The van der Waals surface area contributed by atoms with Crippen LogP contribution in [0.5, 0.6) is 0 Å². The predicted molar refractivity (Wildman–Crippen MR) is 124 cm³/mol. The van der Waals surface area contributed by atoms with Gasteiger partial charge in [-0.25, -0.2) is 0 Å². The van der Waals surface area contributed by atoms with E-state index < -0.39 is 6.04 Å². The molecule has 0 aliphatic heterocycles. The zero-order valence-electron chi connectivity index (χ0n) is 18.4. The number of nitrogens with one attached hydrogen (secondary N) is 1. The Labute approximate surface area is 181 Å². The predicted octanol–water partition coefficient (Wildman–Crippen LogP) is 4.62. The van der Waals surface area contributed by atoms with Crippen LogP contribution in [0.3, 0.4) is 0 Å². The number of benzene rings is 2. The molecule has 158 valence electrons. The summed E-state index contributed by atoms with van der Waals surface area (Å²) >= 11 is 0. The largest absolute Gasteiger partial charge is 0.336 e. The number of hydrogen-bond acceptors (Lipinski definition) is 3. The Morgan fingerprint density at radius 3 is 2.42 bits per heavy atom. The SMILES string of the molecule is Cc1ccc(C)c(NC(=O)C(C)n2c(C)c3cnn(-c4ccccc4)c(=O)c3c2C)c1. The average molecular weight is 415 g/mol. The zero-order chi connectivity index (χ0) is 22.3. The van der Waals surface area contributed by atoms with E-state index in [9.17, 15) is 9.59 Å².